The molecule has 110 valence electrons. The molecule has 2 N–H and O–H groups in total. The van der Waals surface area contributed by atoms with E-state index in [1.54, 1.807) is 23.9 Å². The summed E-state index contributed by atoms with van der Waals surface area (Å²) in [6.45, 7) is 0. The van der Waals surface area contributed by atoms with Gasteiger partial charge in [-0.2, -0.15) is 0 Å². The van der Waals surface area contributed by atoms with Gasteiger partial charge in [0.2, 0.25) is 5.91 Å². The van der Waals surface area contributed by atoms with Crippen LogP contribution in [0.4, 0.5) is 0 Å². The van der Waals surface area contributed by atoms with Crippen LogP contribution in [-0.2, 0) is 4.79 Å². The maximum Gasteiger partial charge on any atom is 0.279 e. The van der Waals surface area contributed by atoms with Crippen molar-refractivity contribution in [3.63, 3.8) is 0 Å². The van der Waals surface area contributed by atoms with Crippen LogP contribution in [0.15, 0.2) is 51.1 Å². The van der Waals surface area contributed by atoms with Gasteiger partial charge >= 0.3 is 0 Å². The van der Waals surface area contributed by atoms with E-state index in [0.717, 1.165) is 8.68 Å². The minimum Gasteiger partial charge on any atom is -0.273 e. The number of hydrogen-bond acceptors (Lipinski definition) is 4. The number of benzene rings is 1. The van der Waals surface area contributed by atoms with E-state index in [1.165, 1.54) is 11.3 Å². The fourth-order valence-electron chi connectivity index (χ4n) is 1.47. The van der Waals surface area contributed by atoms with Gasteiger partial charge in [0.25, 0.3) is 5.91 Å². The molecule has 0 aliphatic carbocycles. The van der Waals surface area contributed by atoms with E-state index in [-0.39, 0.29) is 11.8 Å². The molecule has 0 saturated carbocycles. The molecule has 0 spiro atoms. The Morgan fingerprint density at radius 2 is 1.86 bits per heavy atom. The van der Waals surface area contributed by atoms with Crippen LogP contribution < -0.4 is 10.9 Å². The molecule has 21 heavy (non-hydrogen) atoms. The number of hydrazine groups is 1. The summed E-state index contributed by atoms with van der Waals surface area (Å²) in [5, 5.41) is 0. The molecule has 0 atom stereocenters. The molecule has 0 aliphatic heterocycles. The molecule has 0 unspecified atom stereocenters. The maximum absolute atomic E-state index is 11.7. The number of nitrogens with one attached hydrogen (secondary N) is 2. The predicted octanol–water partition coefficient (Wildman–Crippen LogP) is 3.45. The van der Waals surface area contributed by atoms with Gasteiger partial charge in [-0.25, -0.2) is 0 Å². The van der Waals surface area contributed by atoms with Crippen molar-refractivity contribution in [2.24, 2.45) is 0 Å². The van der Waals surface area contributed by atoms with E-state index in [2.05, 4.69) is 26.8 Å². The summed E-state index contributed by atoms with van der Waals surface area (Å²) < 4.78 is 0.873. The van der Waals surface area contributed by atoms with Crippen LogP contribution in [0.5, 0.6) is 0 Å². The molecule has 2 rings (SSSR count). The Morgan fingerprint density at radius 3 is 2.52 bits per heavy atom. The largest absolute Gasteiger partial charge is 0.279 e. The summed E-state index contributed by atoms with van der Waals surface area (Å²) in [6.07, 6.45) is 0.341. The third-order valence-corrected chi connectivity index (χ3v) is 5.09. The Kier molecular flexibility index (Phi) is 6.28. The number of hydrogen-bond donors (Lipinski definition) is 2. The average molecular weight is 385 g/mol. The van der Waals surface area contributed by atoms with Gasteiger partial charge in [-0.15, -0.1) is 23.1 Å². The fraction of sp³-hybridized carbons (Fsp3) is 0.143. The number of carbonyl (C=O) groups excluding carboxylic acids is 2. The molecule has 7 heteroatoms. The lowest BCUT2D eigenvalue weighted by Gasteiger charge is -2.06. The van der Waals surface area contributed by atoms with Crippen LogP contribution >= 0.6 is 39.0 Å². The second-order valence-electron chi connectivity index (χ2n) is 4.02. The molecular formula is C14H13BrN2O2S2. The minimum atomic E-state index is -0.310. The van der Waals surface area contributed by atoms with Gasteiger partial charge in [0, 0.05) is 17.1 Å². The summed E-state index contributed by atoms with van der Waals surface area (Å²) in [5.74, 6) is 0.146. The van der Waals surface area contributed by atoms with Crippen molar-refractivity contribution in [2.75, 3.05) is 5.75 Å². The van der Waals surface area contributed by atoms with E-state index in [9.17, 15) is 9.59 Å². The topological polar surface area (TPSA) is 58.2 Å². The Balaban J connectivity index is 1.67. The zero-order chi connectivity index (χ0) is 15.1. The SMILES string of the molecule is O=C(CCSc1ccccc1)NNC(=O)c1ccc(Br)s1. The molecule has 0 aliphatic rings. The van der Waals surface area contributed by atoms with Gasteiger partial charge in [0.05, 0.1) is 8.66 Å². The standard InChI is InChI=1S/C14H13BrN2O2S2/c15-12-7-6-11(21-12)14(19)17-16-13(18)8-9-20-10-4-2-1-3-5-10/h1-7H,8-9H2,(H,16,18)(H,17,19). The van der Waals surface area contributed by atoms with Crippen molar-refractivity contribution in [3.8, 4) is 0 Å². The van der Waals surface area contributed by atoms with Gasteiger partial charge in [-0.1, -0.05) is 18.2 Å². The van der Waals surface area contributed by atoms with Gasteiger partial charge < -0.3 is 0 Å². The molecule has 2 amide bonds. The number of thiophene rings is 1. The molecule has 0 radical (unpaired) electrons. The summed E-state index contributed by atoms with van der Waals surface area (Å²) in [6, 6.07) is 13.4. The zero-order valence-corrected chi connectivity index (χ0v) is 14.2. The zero-order valence-electron chi connectivity index (χ0n) is 11.0. The smallest absolute Gasteiger partial charge is 0.273 e. The molecule has 1 aromatic heterocycles. The number of thioether (sulfide) groups is 1. The van der Waals surface area contributed by atoms with Crippen LogP contribution in [0.3, 0.4) is 0 Å². The summed E-state index contributed by atoms with van der Waals surface area (Å²) in [4.78, 5) is 25.0. The first kappa shape index (κ1) is 16.1. The number of halogens is 1. The van der Waals surface area contributed by atoms with Crippen molar-refractivity contribution >= 4 is 50.8 Å². The quantitative estimate of drug-likeness (QED) is 0.612. The molecule has 1 aromatic carbocycles. The van der Waals surface area contributed by atoms with Crippen molar-refractivity contribution in [3.05, 3.63) is 51.1 Å². The van der Waals surface area contributed by atoms with Gasteiger partial charge in [0.1, 0.15) is 0 Å². The lowest BCUT2D eigenvalue weighted by molar-refractivity contribution is -0.121. The average Bonchev–Trinajstić information content (AvgIpc) is 2.92. The van der Waals surface area contributed by atoms with Crippen molar-refractivity contribution in [1.82, 2.24) is 10.9 Å². The maximum atomic E-state index is 11.7. The highest BCUT2D eigenvalue weighted by molar-refractivity contribution is 9.11. The summed E-state index contributed by atoms with van der Waals surface area (Å²) in [7, 11) is 0. The summed E-state index contributed by atoms with van der Waals surface area (Å²) in [5.41, 5.74) is 4.82. The first-order valence-corrected chi connectivity index (χ1v) is 8.77. The lowest BCUT2D eigenvalue weighted by atomic mass is 10.4. The first-order valence-electron chi connectivity index (χ1n) is 6.17. The van der Waals surface area contributed by atoms with Crippen LogP contribution in [0, 0.1) is 0 Å². The number of carbonyl (C=O) groups is 2. The third-order valence-electron chi connectivity index (χ3n) is 2.45. The van der Waals surface area contributed by atoms with Crippen LogP contribution in [0.2, 0.25) is 0 Å². The molecule has 0 bridgehead atoms. The van der Waals surface area contributed by atoms with E-state index in [4.69, 9.17) is 0 Å². The van der Waals surface area contributed by atoms with Crippen molar-refractivity contribution in [2.45, 2.75) is 11.3 Å². The lowest BCUT2D eigenvalue weighted by Crippen LogP contribution is -2.41. The number of amides is 2. The second kappa shape index (κ2) is 8.21. The van der Waals surface area contributed by atoms with E-state index >= 15 is 0 Å². The Labute approximate surface area is 139 Å². The van der Waals surface area contributed by atoms with Crippen LogP contribution in [0.25, 0.3) is 0 Å². The highest BCUT2D eigenvalue weighted by Crippen LogP contribution is 2.21. The first-order chi connectivity index (χ1) is 10.1. The summed E-state index contributed by atoms with van der Waals surface area (Å²) >= 11 is 6.20. The Bertz CT molecular complexity index is 616. The molecular weight excluding hydrogens is 372 g/mol. The van der Waals surface area contributed by atoms with Gasteiger partial charge in [0.15, 0.2) is 0 Å². The molecule has 0 fully saturated rings. The van der Waals surface area contributed by atoms with Crippen LogP contribution in [-0.4, -0.2) is 17.6 Å². The predicted molar refractivity (Wildman–Crippen MR) is 89.4 cm³/mol. The Hall–Kier alpha value is -1.31. The van der Waals surface area contributed by atoms with Crippen molar-refractivity contribution < 1.29 is 9.59 Å². The van der Waals surface area contributed by atoms with E-state index < -0.39 is 0 Å². The second-order valence-corrected chi connectivity index (χ2v) is 7.65. The highest BCUT2D eigenvalue weighted by Gasteiger charge is 2.09. The highest BCUT2D eigenvalue weighted by atomic mass is 79.9. The molecule has 0 saturated heterocycles. The molecule has 1 heterocycles. The fourth-order valence-corrected chi connectivity index (χ4v) is 3.62. The van der Waals surface area contributed by atoms with Gasteiger partial charge in [-0.05, 0) is 40.2 Å². The van der Waals surface area contributed by atoms with Gasteiger partial charge in [-0.3, -0.25) is 20.4 Å². The van der Waals surface area contributed by atoms with E-state index in [1.807, 2.05) is 30.3 Å². The normalized spacial score (nSPS) is 10.1. The minimum absolute atomic E-state index is 0.206. The Morgan fingerprint density at radius 1 is 1.10 bits per heavy atom. The molecule has 2 aromatic rings. The van der Waals surface area contributed by atoms with Crippen molar-refractivity contribution in [1.29, 1.82) is 0 Å². The van der Waals surface area contributed by atoms with E-state index in [0.29, 0.717) is 17.1 Å². The number of rotatable bonds is 5. The third kappa shape index (κ3) is 5.53. The monoisotopic (exact) mass is 384 g/mol. The molecule has 4 nitrogen and oxygen atoms in total. The van der Waals surface area contributed by atoms with Crippen LogP contribution in [0.1, 0.15) is 16.1 Å².